The number of carbonyl (C=O) groups excluding carboxylic acids is 2. The summed E-state index contributed by atoms with van der Waals surface area (Å²) < 4.78 is 7.18. The number of ether oxygens (including phenoxy) is 1. The van der Waals surface area contributed by atoms with Crippen molar-refractivity contribution in [2.45, 2.75) is 31.8 Å². The summed E-state index contributed by atoms with van der Waals surface area (Å²) in [5.74, 6) is 0.757. The molecular formula is C21H26N6O3S. The molecule has 0 bridgehead atoms. The van der Waals surface area contributed by atoms with E-state index in [0.717, 1.165) is 37.6 Å². The third-order valence-corrected chi connectivity index (χ3v) is 6.17. The van der Waals surface area contributed by atoms with E-state index in [0.29, 0.717) is 22.2 Å². The van der Waals surface area contributed by atoms with Crippen LogP contribution in [-0.4, -0.2) is 58.8 Å². The minimum absolute atomic E-state index is 0.143. The molecule has 1 aromatic heterocycles. The normalized spacial score (nSPS) is 16.3. The zero-order valence-corrected chi connectivity index (χ0v) is 18.5. The molecule has 1 aromatic carbocycles. The minimum atomic E-state index is -0.427. The van der Waals surface area contributed by atoms with E-state index in [-0.39, 0.29) is 19.2 Å². The first kappa shape index (κ1) is 21.2. The first-order valence-electron chi connectivity index (χ1n) is 10.4. The van der Waals surface area contributed by atoms with Crippen LogP contribution in [0, 0.1) is 6.92 Å². The number of esters is 1. The lowest BCUT2D eigenvalue weighted by Crippen LogP contribution is -2.44. The molecule has 10 heteroatoms. The fourth-order valence-electron chi connectivity index (χ4n) is 3.60. The lowest BCUT2D eigenvalue weighted by Gasteiger charge is -2.21. The van der Waals surface area contributed by atoms with E-state index in [1.54, 1.807) is 6.92 Å². The number of aromatic nitrogens is 3. The summed E-state index contributed by atoms with van der Waals surface area (Å²) in [7, 11) is 0. The topological polar surface area (TPSA) is 101 Å². The number of anilines is 1. The predicted octanol–water partition coefficient (Wildman–Crippen LogP) is 2.40. The number of thioether (sulfide) groups is 1. The largest absolute Gasteiger partial charge is 0.463 e. The Balaban J connectivity index is 1.64. The van der Waals surface area contributed by atoms with Crippen LogP contribution in [0.15, 0.2) is 40.7 Å². The van der Waals surface area contributed by atoms with Gasteiger partial charge in [-0.15, -0.1) is 10.2 Å². The van der Waals surface area contributed by atoms with E-state index in [2.05, 4.69) is 56.9 Å². The number of urea groups is 1. The monoisotopic (exact) mass is 442 g/mol. The van der Waals surface area contributed by atoms with Gasteiger partial charge in [0.2, 0.25) is 5.95 Å². The molecule has 1 fully saturated rings. The Morgan fingerprint density at radius 1 is 1.19 bits per heavy atom. The average Bonchev–Trinajstić information content (AvgIpc) is 3.43. The fraction of sp³-hybridized carbons (Fsp3) is 0.429. The maximum Gasteiger partial charge on any atom is 0.337 e. The zero-order valence-electron chi connectivity index (χ0n) is 17.7. The van der Waals surface area contributed by atoms with Gasteiger partial charge in [-0.05, 0) is 38.8 Å². The smallest absolute Gasteiger partial charge is 0.337 e. The Morgan fingerprint density at radius 3 is 2.65 bits per heavy atom. The van der Waals surface area contributed by atoms with Crippen molar-refractivity contribution in [1.29, 1.82) is 0 Å². The van der Waals surface area contributed by atoms with Gasteiger partial charge < -0.3 is 20.3 Å². The van der Waals surface area contributed by atoms with Crippen LogP contribution in [0.4, 0.5) is 10.7 Å². The molecular weight excluding hydrogens is 416 g/mol. The van der Waals surface area contributed by atoms with Crippen molar-refractivity contribution in [3.63, 3.8) is 0 Å². The Hall–Kier alpha value is -3.01. The fourth-order valence-corrected chi connectivity index (χ4v) is 4.54. The first-order valence-corrected chi connectivity index (χ1v) is 11.4. The number of hydrogen-bond donors (Lipinski definition) is 2. The Labute approximate surface area is 185 Å². The van der Waals surface area contributed by atoms with E-state index < -0.39 is 5.97 Å². The first-order chi connectivity index (χ1) is 15.1. The molecule has 0 aliphatic carbocycles. The van der Waals surface area contributed by atoms with Gasteiger partial charge in [0.25, 0.3) is 0 Å². The van der Waals surface area contributed by atoms with Gasteiger partial charge >= 0.3 is 12.0 Å². The van der Waals surface area contributed by atoms with Crippen LogP contribution < -0.4 is 15.5 Å². The van der Waals surface area contributed by atoms with Gasteiger partial charge in [-0.25, -0.2) is 9.59 Å². The third kappa shape index (κ3) is 4.68. The van der Waals surface area contributed by atoms with Crippen molar-refractivity contribution in [2.75, 3.05) is 36.9 Å². The molecule has 0 atom stereocenters. The van der Waals surface area contributed by atoms with Crippen LogP contribution in [0.2, 0.25) is 0 Å². The van der Waals surface area contributed by atoms with Crippen molar-refractivity contribution in [2.24, 2.45) is 0 Å². The van der Waals surface area contributed by atoms with Crippen LogP contribution in [0.5, 0.6) is 0 Å². The van der Waals surface area contributed by atoms with Crippen molar-refractivity contribution in [3.8, 4) is 5.69 Å². The summed E-state index contributed by atoms with van der Waals surface area (Å²) in [5, 5.41) is 15.0. The second kappa shape index (κ2) is 9.42. The molecule has 3 heterocycles. The average molecular weight is 443 g/mol. The summed E-state index contributed by atoms with van der Waals surface area (Å²) >= 11 is 1.43. The molecule has 164 valence electrons. The van der Waals surface area contributed by atoms with Gasteiger partial charge in [-0.1, -0.05) is 29.5 Å². The highest BCUT2D eigenvalue weighted by atomic mass is 32.2. The summed E-state index contributed by atoms with van der Waals surface area (Å²) in [6.45, 7) is 6.13. The zero-order chi connectivity index (χ0) is 21.8. The summed E-state index contributed by atoms with van der Waals surface area (Å²) in [6, 6.07) is 7.90. The molecule has 0 radical (unpaired) electrons. The molecule has 2 aromatic rings. The van der Waals surface area contributed by atoms with E-state index in [9.17, 15) is 9.59 Å². The maximum absolute atomic E-state index is 12.3. The highest BCUT2D eigenvalue weighted by Gasteiger charge is 2.26. The van der Waals surface area contributed by atoms with Gasteiger partial charge in [0.05, 0.1) is 24.4 Å². The second-order valence-electron chi connectivity index (χ2n) is 7.42. The SMILES string of the molecule is CCOC(=O)C1=C(CSc2nnc(N3CCCC3)n2-c2ccc(C)cc2)NC(=O)NC1. The van der Waals surface area contributed by atoms with Crippen LogP contribution in [0.1, 0.15) is 25.3 Å². The van der Waals surface area contributed by atoms with Gasteiger partial charge in [0.15, 0.2) is 5.16 Å². The number of aryl methyl sites for hydroxylation is 1. The van der Waals surface area contributed by atoms with Crippen LogP contribution in [0.25, 0.3) is 5.69 Å². The van der Waals surface area contributed by atoms with Crippen molar-refractivity contribution < 1.29 is 14.3 Å². The van der Waals surface area contributed by atoms with Gasteiger partial charge in [-0.2, -0.15) is 0 Å². The number of hydrogen-bond acceptors (Lipinski definition) is 7. The summed E-state index contributed by atoms with van der Waals surface area (Å²) in [4.78, 5) is 26.4. The standard InChI is InChI=1S/C21H26N6O3S/c1-3-30-18(28)16-12-22-19(29)23-17(16)13-31-21-25-24-20(26-10-4-5-11-26)27(21)15-8-6-14(2)7-9-15/h6-9H,3-5,10-13H2,1-2H3,(H2,22,23,29). The molecule has 1 saturated heterocycles. The van der Waals surface area contributed by atoms with E-state index in [1.165, 1.54) is 17.3 Å². The highest BCUT2D eigenvalue weighted by Crippen LogP contribution is 2.30. The Kier molecular flexibility index (Phi) is 6.45. The minimum Gasteiger partial charge on any atom is -0.463 e. The van der Waals surface area contributed by atoms with Gasteiger partial charge in [0.1, 0.15) is 0 Å². The van der Waals surface area contributed by atoms with Crippen molar-refractivity contribution >= 4 is 29.7 Å². The van der Waals surface area contributed by atoms with Crippen LogP contribution in [0.3, 0.4) is 0 Å². The molecule has 2 aliphatic heterocycles. The lowest BCUT2D eigenvalue weighted by molar-refractivity contribution is -0.138. The van der Waals surface area contributed by atoms with E-state index in [4.69, 9.17) is 4.74 Å². The van der Waals surface area contributed by atoms with Crippen molar-refractivity contribution in [3.05, 3.63) is 41.1 Å². The lowest BCUT2D eigenvalue weighted by atomic mass is 10.2. The van der Waals surface area contributed by atoms with E-state index >= 15 is 0 Å². The predicted molar refractivity (Wildman–Crippen MR) is 118 cm³/mol. The van der Waals surface area contributed by atoms with E-state index in [1.807, 2.05) is 4.57 Å². The molecule has 2 amide bonds. The molecule has 0 saturated carbocycles. The summed E-state index contributed by atoms with van der Waals surface area (Å²) in [6.07, 6.45) is 2.27. The number of amides is 2. The molecule has 0 unspecified atom stereocenters. The number of carbonyl (C=O) groups is 2. The number of nitrogens with one attached hydrogen (secondary N) is 2. The number of benzene rings is 1. The van der Waals surface area contributed by atoms with Gasteiger partial charge in [0, 0.05) is 24.5 Å². The molecule has 2 N–H and O–H groups in total. The molecule has 0 spiro atoms. The molecule has 9 nitrogen and oxygen atoms in total. The van der Waals surface area contributed by atoms with Crippen LogP contribution >= 0.6 is 11.8 Å². The second-order valence-corrected chi connectivity index (χ2v) is 8.36. The number of nitrogens with zero attached hydrogens (tertiary/aromatic N) is 4. The number of rotatable bonds is 7. The summed E-state index contributed by atoms with van der Waals surface area (Å²) in [5.41, 5.74) is 3.12. The Morgan fingerprint density at radius 2 is 1.94 bits per heavy atom. The van der Waals surface area contributed by atoms with Crippen LogP contribution in [-0.2, 0) is 9.53 Å². The molecule has 4 rings (SSSR count). The third-order valence-electron chi connectivity index (χ3n) is 5.22. The highest BCUT2D eigenvalue weighted by molar-refractivity contribution is 7.99. The Bertz CT molecular complexity index is 995. The molecule has 31 heavy (non-hydrogen) atoms. The van der Waals surface area contributed by atoms with Crippen molar-refractivity contribution in [1.82, 2.24) is 25.4 Å². The maximum atomic E-state index is 12.3. The van der Waals surface area contributed by atoms with Gasteiger partial charge in [-0.3, -0.25) is 4.57 Å². The quantitative estimate of drug-likeness (QED) is 0.501. The molecule has 2 aliphatic rings.